The molecule has 0 saturated heterocycles. The van der Waals surface area contributed by atoms with Crippen molar-refractivity contribution in [2.45, 2.75) is 0 Å². The summed E-state index contributed by atoms with van der Waals surface area (Å²) in [5, 5.41) is 3.78. The molecule has 0 fully saturated rings. The molecule has 3 rings (SSSR count). The van der Waals surface area contributed by atoms with Gasteiger partial charge < -0.3 is 14.5 Å². The summed E-state index contributed by atoms with van der Waals surface area (Å²) in [6, 6.07) is 15.5. The van der Waals surface area contributed by atoms with Gasteiger partial charge in [0.2, 0.25) is 0 Å². The molecule has 3 aromatic rings. The maximum Gasteiger partial charge on any atom is 0.291 e. The molecule has 0 unspecified atom stereocenters. The summed E-state index contributed by atoms with van der Waals surface area (Å²) in [6.07, 6.45) is 0. The Hall–Kier alpha value is -2.43. The number of amides is 1. The van der Waals surface area contributed by atoms with Crippen LogP contribution in [0, 0.1) is 0 Å². The van der Waals surface area contributed by atoms with E-state index < -0.39 is 0 Å². The molecule has 0 aliphatic rings. The Bertz CT molecular complexity index is 872. The zero-order chi connectivity index (χ0) is 17.1. The Morgan fingerprint density at radius 2 is 1.79 bits per heavy atom. The first-order valence-corrected chi connectivity index (χ1v) is 7.83. The van der Waals surface area contributed by atoms with E-state index in [0.717, 1.165) is 5.56 Å². The van der Waals surface area contributed by atoms with Crippen molar-refractivity contribution in [3.63, 3.8) is 0 Å². The van der Waals surface area contributed by atoms with Crippen molar-refractivity contribution in [1.82, 2.24) is 0 Å². The largest absolute Gasteiger partial charge is 0.495 e. The first kappa shape index (κ1) is 16.4. The Morgan fingerprint density at radius 1 is 1.04 bits per heavy atom. The molecule has 2 aromatic carbocycles. The number of halogens is 2. The van der Waals surface area contributed by atoms with E-state index in [1.54, 1.807) is 42.5 Å². The second-order valence-electron chi connectivity index (χ2n) is 4.97. The predicted molar refractivity (Wildman–Crippen MR) is 95.1 cm³/mol. The van der Waals surface area contributed by atoms with E-state index in [1.807, 2.05) is 12.1 Å². The van der Waals surface area contributed by atoms with Gasteiger partial charge in [-0.25, -0.2) is 0 Å². The number of anilines is 1. The van der Waals surface area contributed by atoms with Crippen LogP contribution in [-0.4, -0.2) is 13.0 Å². The molecule has 1 N–H and O–H groups in total. The molecule has 1 heterocycles. The third-order valence-corrected chi connectivity index (χ3v) is 3.92. The molecule has 122 valence electrons. The maximum atomic E-state index is 12.3. The fourth-order valence-electron chi connectivity index (χ4n) is 2.17. The van der Waals surface area contributed by atoms with Gasteiger partial charge in [-0.3, -0.25) is 4.79 Å². The van der Waals surface area contributed by atoms with Crippen molar-refractivity contribution >= 4 is 34.8 Å². The van der Waals surface area contributed by atoms with Gasteiger partial charge >= 0.3 is 0 Å². The van der Waals surface area contributed by atoms with E-state index >= 15 is 0 Å². The SMILES string of the molecule is COc1ccc(NC(=O)c2ccc(-c3ccc(Cl)cc3)o2)cc1Cl. The summed E-state index contributed by atoms with van der Waals surface area (Å²) in [5.74, 6) is 0.964. The number of rotatable bonds is 4. The lowest BCUT2D eigenvalue weighted by Crippen LogP contribution is -2.10. The van der Waals surface area contributed by atoms with Gasteiger partial charge in [0, 0.05) is 16.3 Å². The molecule has 0 spiro atoms. The predicted octanol–water partition coefficient (Wildman–Crippen LogP) is 5.51. The first-order chi connectivity index (χ1) is 11.6. The second-order valence-corrected chi connectivity index (χ2v) is 5.82. The lowest BCUT2D eigenvalue weighted by Gasteiger charge is -2.07. The van der Waals surface area contributed by atoms with Crippen molar-refractivity contribution in [3.05, 3.63) is 70.4 Å². The van der Waals surface area contributed by atoms with Crippen molar-refractivity contribution in [2.24, 2.45) is 0 Å². The van der Waals surface area contributed by atoms with E-state index in [9.17, 15) is 4.79 Å². The highest BCUT2D eigenvalue weighted by molar-refractivity contribution is 6.32. The Morgan fingerprint density at radius 3 is 2.46 bits per heavy atom. The van der Waals surface area contributed by atoms with E-state index in [2.05, 4.69) is 5.32 Å². The average molecular weight is 362 g/mol. The molecule has 0 radical (unpaired) electrons. The highest BCUT2D eigenvalue weighted by Crippen LogP contribution is 2.28. The number of benzene rings is 2. The number of carbonyl (C=O) groups is 1. The minimum absolute atomic E-state index is 0.201. The molecular formula is C18H13Cl2NO3. The van der Waals surface area contributed by atoms with Crippen LogP contribution in [0.4, 0.5) is 5.69 Å². The summed E-state index contributed by atoms with van der Waals surface area (Å²) >= 11 is 11.9. The van der Waals surface area contributed by atoms with Gasteiger partial charge in [-0.05, 0) is 54.6 Å². The number of ether oxygens (including phenoxy) is 1. The fraction of sp³-hybridized carbons (Fsp3) is 0.0556. The topological polar surface area (TPSA) is 51.5 Å². The average Bonchev–Trinajstić information content (AvgIpc) is 3.06. The monoisotopic (exact) mass is 361 g/mol. The number of nitrogens with one attached hydrogen (secondary N) is 1. The number of methoxy groups -OCH3 is 1. The quantitative estimate of drug-likeness (QED) is 0.665. The van der Waals surface area contributed by atoms with Crippen LogP contribution < -0.4 is 10.1 Å². The molecule has 0 bridgehead atoms. The summed E-state index contributed by atoms with van der Waals surface area (Å²) in [7, 11) is 1.53. The first-order valence-electron chi connectivity index (χ1n) is 7.07. The summed E-state index contributed by atoms with van der Waals surface area (Å²) < 4.78 is 10.7. The normalized spacial score (nSPS) is 10.5. The minimum atomic E-state index is -0.364. The number of furan rings is 1. The molecule has 0 saturated carbocycles. The van der Waals surface area contributed by atoms with Gasteiger partial charge in [-0.2, -0.15) is 0 Å². The smallest absolute Gasteiger partial charge is 0.291 e. The summed E-state index contributed by atoms with van der Waals surface area (Å²) in [6.45, 7) is 0. The highest BCUT2D eigenvalue weighted by atomic mass is 35.5. The molecular weight excluding hydrogens is 349 g/mol. The third kappa shape index (κ3) is 3.55. The molecule has 24 heavy (non-hydrogen) atoms. The van der Waals surface area contributed by atoms with Crippen LogP contribution >= 0.6 is 23.2 Å². The lowest BCUT2D eigenvalue weighted by atomic mass is 10.2. The van der Waals surface area contributed by atoms with Crippen LogP contribution in [0.5, 0.6) is 5.75 Å². The van der Waals surface area contributed by atoms with Crippen molar-refractivity contribution in [3.8, 4) is 17.1 Å². The molecule has 6 heteroatoms. The highest BCUT2D eigenvalue weighted by Gasteiger charge is 2.13. The number of hydrogen-bond donors (Lipinski definition) is 1. The second kappa shape index (κ2) is 6.99. The molecule has 1 aromatic heterocycles. The van der Waals surface area contributed by atoms with E-state index in [-0.39, 0.29) is 11.7 Å². The Labute approximate surface area is 149 Å². The van der Waals surface area contributed by atoms with E-state index in [4.69, 9.17) is 32.4 Å². The zero-order valence-electron chi connectivity index (χ0n) is 12.7. The molecule has 0 aliphatic carbocycles. The molecule has 0 aliphatic heterocycles. The van der Waals surface area contributed by atoms with Gasteiger partial charge in [0.25, 0.3) is 5.91 Å². The molecule has 0 atom stereocenters. The zero-order valence-corrected chi connectivity index (χ0v) is 14.2. The van der Waals surface area contributed by atoms with Crippen molar-refractivity contribution in [2.75, 3.05) is 12.4 Å². The summed E-state index contributed by atoms with van der Waals surface area (Å²) in [5.41, 5.74) is 1.39. The fourth-order valence-corrected chi connectivity index (χ4v) is 2.55. The molecule has 4 nitrogen and oxygen atoms in total. The minimum Gasteiger partial charge on any atom is -0.495 e. The van der Waals surface area contributed by atoms with E-state index in [0.29, 0.717) is 27.2 Å². The van der Waals surface area contributed by atoms with Gasteiger partial charge in [0.1, 0.15) is 11.5 Å². The standard InChI is InChI=1S/C18H13Cl2NO3/c1-23-16-7-6-13(10-14(16)20)21-18(22)17-9-8-15(24-17)11-2-4-12(19)5-3-11/h2-10H,1H3,(H,21,22). The Balaban J connectivity index is 1.76. The van der Waals surface area contributed by atoms with Crippen LogP contribution in [0.25, 0.3) is 11.3 Å². The number of carbonyl (C=O) groups excluding carboxylic acids is 1. The van der Waals surface area contributed by atoms with Crippen molar-refractivity contribution < 1.29 is 13.9 Å². The molecule has 1 amide bonds. The van der Waals surface area contributed by atoms with Gasteiger partial charge in [-0.15, -0.1) is 0 Å². The van der Waals surface area contributed by atoms with Crippen molar-refractivity contribution in [1.29, 1.82) is 0 Å². The van der Waals surface area contributed by atoms with Crippen LogP contribution in [0.2, 0.25) is 10.0 Å². The number of hydrogen-bond acceptors (Lipinski definition) is 3. The lowest BCUT2D eigenvalue weighted by molar-refractivity contribution is 0.0997. The Kier molecular flexibility index (Phi) is 4.79. The summed E-state index contributed by atoms with van der Waals surface area (Å²) in [4.78, 5) is 12.3. The van der Waals surface area contributed by atoms with Gasteiger partial charge in [0.15, 0.2) is 5.76 Å². The maximum absolute atomic E-state index is 12.3. The third-order valence-electron chi connectivity index (χ3n) is 3.37. The van der Waals surface area contributed by atoms with E-state index in [1.165, 1.54) is 7.11 Å². The van der Waals surface area contributed by atoms with Crippen LogP contribution in [-0.2, 0) is 0 Å². The van der Waals surface area contributed by atoms with Crippen LogP contribution in [0.1, 0.15) is 10.6 Å². The van der Waals surface area contributed by atoms with Crippen LogP contribution in [0.15, 0.2) is 59.0 Å². The van der Waals surface area contributed by atoms with Crippen LogP contribution in [0.3, 0.4) is 0 Å². The van der Waals surface area contributed by atoms with Gasteiger partial charge in [0.05, 0.1) is 12.1 Å². The van der Waals surface area contributed by atoms with Gasteiger partial charge in [-0.1, -0.05) is 23.2 Å².